The zero-order valence-electron chi connectivity index (χ0n) is 25.8. The van der Waals surface area contributed by atoms with Gasteiger partial charge in [-0.05, 0) is 64.2 Å². The number of carbonyl (C=O) groups is 2. The van der Waals surface area contributed by atoms with E-state index in [2.05, 4.69) is 10.0 Å². The minimum Gasteiger partial charge on any atom is -0.490 e. The van der Waals surface area contributed by atoms with Gasteiger partial charge in [0, 0.05) is 44.4 Å². The van der Waals surface area contributed by atoms with E-state index in [0.29, 0.717) is 18.9 Å². The summed E-state index contributed by atoms with van der Waals surface area (Å²) in [4.78, 5) is 30.3. The number of nitrogens with one attached hydrogen (secondary N) is 2. The molecule has 3 N–H and O–H groups in total. The molecule has 1 aliphatic carbocycles. The van der Waals surface area contributed by atoms with E-state index in [1.165, 1.54) is 12.5 Å². The van der Waals surface area contributed by atoms with Crippen LogP contribution in [-0.2, 0) is 14.8 Å². The first-order chi connectivity index (χ1) is 19.9. The van der Waals surface area contributed by atoms with E-state index in [1.54, 1.807) is 35.9 Å². The van der Waals surface area contributed by atoms with Gasteiger partial charge in [0.25, 0.3) is 5.91 Å². The monoisotopic (exact) mass is 610 g/mol. The summed E-state index contributed by atoms with van der Waals surface area (Å²) in [6.07, 6.45) is 8.38. The van der Waals surface area contributed by atoms with Crippen molar-refractivity contribution in [1.29, 1.82) is 0 Å². The zero-order chi connectivity index (χ0) is 30.9. The number of urea groups is 1. The Bertz CT molecular complexity index is 1140. The number of anilines is 1. The van der Waals surface area contributed by atoms with Gasteiger partial charge in [-0.25, -0.2) is 13.2 Å². The SMILES string of the molecule is C[C@H]1CCCCO[C@@H](CN(C)C(=O)NC2CCCCC2)[C@@H](C)CN([C@@H](C)CO)C(=O)c2cc(NS(C)(=O)=O)ccc2O1. The molecular weight excluding hydrogens is 560 g/mol. The number of hydrogen-bond donors (Lipinski definition) is 3. The number of ether oxygens (including phenoxy) is 2. The van der Waals surface area contributed by atoms with Crippen molar-refractivity contribution in [2.24, 2.45) is 5.92 Å². The number of rotatable bonds is 7. The molecule has 0 bridgehead atoms. The highest BCUT2D eigenvalue weighted by Gasteiger charge is 2.31. The van der Waals surface area contributed by atoms with Gasteiger partial charge in [-0.15, -0.1) is 0 Å². The summed E-state index contributed by atoms with van der Waals surface area (Å²) in [6, 6.07) is 4.21. The van der Waals surface area contributed by atoms with Crippen molar-refractivity contribution in [3.8, 4) is 5.75 Å². The normalized spacial score (nSPS) is 24.1. The lowest BCUT2D eigenvalue weighted by Crippen LogP contribution is -2.50. The molecule has 1 aromatic carbocycles. The number of aliphatic hydroxyl groups is 1. The molecule has 238 valence electrons. The Labute approximate surface area is 251 Å². The number of benzene rings is 1. The van der Waals surface area contributed by atoms with Crippen molar-refractivity contribution in [2.75, 3.05) is 44.3 Å². The second kappa shape index (κ2) is 15.8. The van der Waals surface area contributed by atoms with Crippen LogP contribution in [0.3, 0.4) is 0 Å². The lowest BCUT2D eigenvalue weighted by Gasteiger charge is -2.36. The Morgan fingerprint density at radius 1 is 1.14 bits per heavy atom. The molecular formula is C30H50N4O7S. The molecule has 4 atom stereocenters. The molecule has 0 spiro atoms. The Morgan fingerprint density at radius 3 is 2.50 bits per heavy atom. The first kappa shape index (κ1) is 33.9. The maximum atomic E-state index is 14.1. The van der Waals surface area contributed by atoms with Crippen LogP contribution in [0, 0.1) is 5.92 Å². The van der Waals surface area contributed by atoms with Gasteiger partial charge in [0.2, 0.25) is 10.0 Å². The number of sulfonamides is 1. The fourth-order valence-corrected chi connectivity index (χ4v) is 6.10. The quantitative estimate of drug-likeness (QED) is 0.427. The number of amides is 3. The van der Waals surface area contributed by atoms with Gasteiger partial charge in [0.15, 0.2) is 0 Å². The van der Waals surface area contributed by atoms with Gasteiger partial charge in [0.1, 0.15) is 5.75 Å². The molecule has 0 saturated heterocycles. The molecule has 3 amide bonds. The highest BCUT2D eigenvalue weighted by molar-refractivity contribution is 7.92. The summed E-state index contributed by atoms with van der Waals surface area (Å²) in [6.45, 7) is 6.53. The standard InChI is InChI=1S/C30H50N4O7S/c1-21-18-34(22(2)20-35)29(36)26-17-25(32-42(5,38)39)14-15-27(26)41-23(3)11-9-10-16-40-28(21)19-33(4)30(37)31-24-12-7-6-8-13-24/h14-15,17,21-24,28,32,35H,6-13,16,18-20H2,1-5H3,(H,31,37)/t21-,22-,23-,28-/m0/s1. The number of hydrogen-bond acceptors (Lipinski definition) is 7. The molecule has 42 heavy (non-hydrogen) atoms. The Balaban J connectivity index is 1.88. The lowest BCUT2D eigenvalue weighted by molar-refractivity contribution is -0.0123. The molecule has 3 rings (SSSR count). The van der Waals surface area contributed by atoms with E-state index >= 15 is 0 Å². The van der Waals surface area contributed by atoms with Gasteiger partial charge in [-0.2, -0.15) is 0 Å². The van der Waals surface area contributed by atoms with E-state index in [9.17, 15) is 23.1 Å². The van der Waals surface area contributed by atoms with Crippen LogP contribution in [0.1, 0.15) is 82.5 Å². The third-order valence-corrected chi connectivity index (χ3v) is 8.69. The average Bonchev–Trinajstić information content (AvgIpc) is 2.94. The first-order valence-corrected chi connectivity index (χ1v) is 17.1. The van der Waals surface area contributed by atoms with Crippen LogP contribution in [0.25, 0.3) is 0 Å². The summed E-state index contributed by atoms with van der Waals surface area (Å²) in [5.74, 6) is -0.211. The molecule has 1 aliphatic heterocycles. The van der Waals surface area contributed by atoms with Crippen LogP contribution in [0.2, 0.25) is 0 Å². The summed E-state index contributed by atoms with van der Waals surface area (Å²) in [5, 5.41) is 13.2. The molecule has 11 nitrogen and oxygen atoms in total. The van der Waals surface area contributed by atoms with Gasteiger partial charge in [-0.1, -0.05) is 26.2 Å². The summed E-state index contributed by atoms with van der Waals surface area (Å²) in [7, 11) is -1.80. The third kappa shape index (κ3) is 10.3. The number of carbonyl (C=O) groups excluding carboxylic acids is 2. The smallest absolute Gasteiger partial charge is 0.317 e. The number of aliphatic hydroxyl groups excluding tert-OH is 1. The second-order valence-corrected chi connectivity index (χ2v) is 13.8. The van der Waals surface area contributed by atoms with Crippen LogP contribution in [0.4, 0.5) is 10.5 Å². The zero-order valence-corrected chi connectivity index (χ0v) is 26.6. The fraction of sp³-hybridized carbons (Fsp3) is 0.733. The average molecular weight is 611 g/mol. The number of nitrogens with zero attached hydrogens (tertiary/aromatic N) is 2. The maximum Gasteiger partial charge on any atom is 0.317 e. The van der Waals surface area contributed by atoms with Crippen LogP contribution >= 0.6 is 0 Å². The molecule has 0 radical (unpaired) electrons. The van der Waals surface area contributed by atoms with Gasteiger partial charge < -0.3 is 29.7 Å². The van der Waals surface area contributed by atoms with E-state index < -0.39 is 16.1 Å². The van der Waals surface area contributed by atoms with Crippen molar-refractivity contribution in [3.05, 3.63) is 23.8 Å². The predicted molar refractivity (Wildman–Crippen MR) is 163 cm³/mol. The van der Waals surface area contributed by atoms with Crippen LogP contribution in [0.5, 0.6) is 5.75 Å². The van der Waals surface area contributed by atoms with Gasteiger partial charge in [-0.3, -0.25) is 9.52 Å². The van der Waals surface area contributed by atoms with Crippen molar-refractivity contribution < 1.29 is 32.6 Å². The molecule has 1 fully saturated rings. The molecule has 1 saturated carbocycles. The summed E-state index contributed by atoms with van der Waals surface area (Å²) >= 11 is 0. The number of fused-ring (bicyclic) bond motifs is 1. The first-order valence-electron chi connectivity index (χ1n) is 15.2. The van der Waals surface area contributed by atoms with Crippen LogP contribution in [-0.4, -0.2) is 99.2 Å². The summed E-state index contributed by atoms with van der Waals surface area (Å²) in [5.41, 5.74) is 0.458. The Morgan fingerprint density at radius 2 is 1.83 bits per heavy atom. The minimum atomic E-state index is -3.57. The van der Waals surface area contributed by atoms with Crippen molar-refractivity contribution in [3.63, 3.8) is 0 Å². The van der Waals surface area contributed by atoms with E-state index in [1.807, 2.05) is 13.8 Å². The van der Waals surface area contributed by atoms with E-state index in [0.717, 1.165) is 51.2 Å². The lowest BCUT2D eigenvalue weighted by atomic mass is 9.96. The van der Waals surface area contributed by atoms with Gasteiger partial charge in [0.05, 0.1) is 36.7 Å². The maximum absolute atomic E-state index is 14.1. The Kier molecular flexibility index (Phi) is 12.7. The highest BCUT2D eigenvalue weighted by Crippen LogP contribution is 2.29. The highest BCUT2D eigenvalue weighted by atomic mass is 32.2. The molecule has 2 aliphatic rings. The minimum absolute atomic E-state index is 0.125. The van der Waals surface area contributed by atoms with Crippen molar-refractivity contribution >= 4 is 27.6 Å². The second-order valence-electron chi connectivity index (χ2n) is 12.0. The number of likely N-dealkylation sites (N-methyl/N-ethyl adjacent to an activating group) is 1. The van der Waals surface area contributed by atoms with E-state index in [4.69, 9.17) is 9.47 Å². The van der Waals surface area contributed by atoms with Crippen molar-refractivity contribution in [2.45, 2.75) is 96.4 Å². The molecule has 12 heteroatoms. The van der Waals surface area contributed by atoms with Crippen LogP contribution < -0.4 is 14.8 Å². The van der Waals surface area contributed by atoms with Gasteiger partial charge >= 0.3 is 6.03 Å². The molecule has 0 unspecified atom stereocenters. The predicted octanol–water partition coefficient (Wildman–Crippen LogP) is 3.83. The molecule has 1 heterocycles. The topological polar surface area (TPSA) is 138 Å². The van der Waals surface area contributed by atoms with E-state index in [-0.39, 0.29) is 60.5 Å². The Hall–Kier alpha value is -2.57. The van der Waals surface area contributed by atoms with Crippen molar-refractivity contribution in [1.82, 2.24) is 15.1 Å². The summed E-state index contributed by atoms with van der Waals surface area (Å²) < 4.78 is 38.8. The third-order valence-electron chi connectivity index (χ3n) is 8.09. The largest absolute Gasteiger partial charge is 0.490 e. The molecule has 1 aromatic rings. The molecule has 0 aromatic heterocycles. The van der Waals surface area contributed by atoms with Crippen LogP contribution in [0.15, 0.2) is 18.2 Å². The fourth-order valence-electron chi connectivity index (χ4n) is 5.55.